The topological polar surface area (TPSA) is 94.8 Å². The van der Waals surface area contributed by atoms with E-state index in [2.05, 4.69) is 5.32 Å². The molecular weight excluding hydrogens is 478 g/mol. The molecule has 5 rings (SSSR count). The normalized spacial score (nSPS) is 12.4. The van der Waals surface area contributed by atoms with E-state index in [9.17, 15) is 14.4 Å². The van der Waals surface area contributed by atoms with E-state index < -0.39 is 11.9 Å². The number of nitrogens with one attached hydrogen (secondary N) is 1. The van der Waals surface area contributed by atoms with Crippen molar-refractivity contribution < 1.29 is 23.5 Å². The van der Waals surface area contributed by atoms with Crippen molar-refractivity contribution in [1.82, 2.24) is 0 Å². The van der Waals surface area contributed by atoms with Crippen molar-refractivity contribution in [2.75, 3.05) is 18.5 Å². The van der Waals surface area contributed by atoms with Gasteiger partial charge < -0.3 is 19.2 Å². The fraction of sp³-hybridized carbons (Fsp3) is 0.250. The molecule has 2 heterocycles. The van der Waals surface area contributed by atoms with E-state index >= 15 is 0 Å². The van der Waals surface area contributed by atoms with Gasteiger partial charge in [-0.25, -0.2) is 9.59 Å². The molecule has 0 bridgehead atoms. The van der Waals surface area contributed by atoms with Gasteiger partial charge in [0.1, 0.15) is 21.9 Å². The fourth-order valence-electron chi connectivity index (χ4n) is 4.47. The lowest BCUT2D eigenvalue weighted by Gasteiger charge is -2.10. The van der Waals surface area contributed by atoms with Crippen molar-refractivity contribution in [2.24, 2.45) is 0 Å². The summed E-state index contributed by atoms with van der Waals surface area (Å²) in [6.07, 6.45) is 2.54. The van der Waals surface area contributed by atoms with E-state index in [1.165, 1.54) is 11.3 Å². The zero-order chi connectivity index (χ0) is 25.2. The highest BCUT2D eigenvalue weighted by molar-refractivity contribution is 7.15. The molecule has 0 aliphatic heterocycles. The largest absolute Gasteiger partial charge is 0.484 e. The number of carbonyl (C=O) groups is 2. The van der Waals surface area contributed by atoms with Crippen molar-refractivity contribution in [3.8, 4) is 16.9 Å². The van der Waals surface area contributed by atoms with Gasteiger partial charge in [-0.1, -0.05) is 29.8 Å². The Hall–Kier alpha value is -3.91. The van der Waals surface area contributed by atoms with Crippen LogP contribution in [0.1, 0.15) is 40.4 Å². The van der Waals surface area contributed by atoms with Crippen molar-refractivity contribution in [1.29, 1.82) is 0 Å². The van der Waals surface area contributed by atoms with Crippen LogP contribution in [0, 0.1) is 6.92 Å². The molecule has 4 aromatic rings. The Balaban J connectivity index is 1.33. The van der Waals surface area contributed by atoms with E-state index in [0.717, 1.165) is 46.9 Å². The Bertz CT molecular complexity index is 1520. The molecule has 7 nitrogen and oxygen atoms in total. The van der Waals surface area contributed by atoms with Crippen LogP contribution in [-0.4, -0.2) is 25.1 Å². The van der Waals surface area contributed by atoms with Gasteiger partial charge in [-0.05, 0) is 56.4 Å². The first-order chi connectivity index (χ1) is 17.4. The summed E-state index contributed by atoms with van der Waals surface area (Å²) in [4.78, 5) is 37.7. The number of benzene rings is 2. The van der Waals surface area contributed by atoms with Crippen LogP contribution in [0.2, 0.25) is 0 Å². The van der Waals surface area contributed by atoms with Crippen LogP contribution in [0.15, 0.2) is 57.1 Å². The van der Waals surface area contributed by atoms with E-state index in [4.69, 9.17) is 13.9 Å². The zero-order valence-corrected chi connectivity index (χ0v) is 20.8. The number of fused-ring (bicyclic) bond motifs is 3. The summed E-state index contributed by atoms with van der Waals surface area (Å²) in [6, 6.07) is 13.1. The SMILES string of the molecule is CCOC(=O)c1c(-c2ccc(C)cc2)csc1NC(=O)COc1ccc2c3c(c(=O)oc2c1)CCC3. The van der Waals surface area contributed by atoms with Crippen LogP contribution in [0.3, 0.4) is 0 Å². The predicted octanol–water partition coefficient (Wildman–Crippen LogP) is 5.51. The summed E-state index contributed by atoms with van der Waals surface area (Å²) in [6.45, 7) is 3.67. The predicted molar refractivity (Wildman–Crippen MR) is 139 cm³/mol. The van der Waals surface area contributed by atoms with Gasteiger partial charge in [-0.3, -0.25) is 4.79 Å². The Labute approximate surface area is 211 Å². The molecule has 0 atom stereocenters. The highest BCUT2D eigenvalue weighted by atomic mass is 32.1. The van der Waals surface area contributed by atoms with Gasteiger partial charge in [0.05, 0.1) is 6.61 Å². The number of carbonyl (C=O) groups excluding carboxylic acids is 2. The second kappa shape index (κ2) is 9.99. The molecule has 1 aliphatic carbocycles. The zero-order valence-electron chi connectivity index (χ0n) is 20.0. The number of hydrogen-bond acceptors (Lipinski definition) is 7. The Morgan fingerprint density at radius 3 is 2.64 bits per heavy atom. The summed E-state index contributed by atoms with van der Waals surface area (Å²) in [7, 11) is 0. The van der Waals surface area contributed by atoms with Gasteiger partial charge in [0, 0.05) is 28.0 Å². The summed E-state index contributed by atoms with van der Waals surface area (Å²) < 4.78 is 16.4. The third-order valence-corrected chi connectivity index (χ3v) is 7.10. The first-order valence-corrected chi connectivity index (χ1v) is 12.7. The quantitative estimate of drug-likeness (QED) is 0.264. The van der Waals surface area contributed by atoms with Crippen LogP contribution in [0.4, 0.5) is 5.00 Å². The number of esters is 1. The summed E-state index contributed by atoms with van der Waals surface area (Å²) in [5.74, 6) is -0.508. The smallest absolute Gasteiger partial charge is 0.341 e. The van der Waals surface area contributed by atoms with E-state index in [1.54, 1.807) is 19.1 Å². The molecule has 2 aromatic heterocycles. The monoisotopic (exact) mass is 503 g/mol. The second-order valence-electron chi connectivity index (χ2n) is 8.63. The number of hydrogen-bond donors (Lipinski definition) is 1. The molecule has 2 aromatic carbocycles. The van der Waals surface area contributed by atoms with Crippen LogP contribution in [0.25, 0.3) is 22.1 Å². The lowest BCUT2D eigenvalue weighted by molar-refractivity contribution is -0.118. The molecule has 0 saturated carbocycles. The van der Waals surface area contributed by atoms with Gasteiger partial charge >= 0.3 is 11.6 Å². The van der Waals surface area contributed by atoms with Crippen molar-refractivity contribution in [3.05, 3.63) is 80.5 Å². The van der Waals surface area contributed by atoms with Crippen LogP contribution in [0.5, 0.6) is 5.75 Å². The molecule has 0 fully saturated rings. The maximum atomic E-state index is 12.7. The molecule has 184 valence electrons. The van der Waals surface area contributed by atoms with Gasteiger partial charge in [-0.2, -0.15) is 0 Å². The van der Waals surface area contributed by atoms with Crippen molar-refractivity contribution in [2.45, 2.75) is 33.1 Å². The lowest BCUT2D eigenvalue weighted by Crippen LogP contribution is -2.21. The van der Waals surface area contributed by atoms with Gasteiger partial charge in [0.25, 0.3) is 5.91 Å². The van der Waals surface area contributed by atoms with Crippen molar-refractivity contribution in [3.63, 3.8) is 0 Å². The number of rotatable bonds is 7. The van der Waals surface area contributed by atoms with E-state index in [0.29, 0.717) is 27.5 Å². The minimum absolute atomic E-state index is 0.222. The minimum Gasteiger partial charge on any atom is -0.484 e. The molecule has 0 unspecified atom stereocenters. The molecule has 36 heavy (non-hydrogen) atoms. The van der Waals surface area contributed by atoms with Gasteiger partial charge in [-0.15, -0.1) is 11.3 Å². The highest BCUT2D eigenvalue weighted by Gasteiger charge is 2.23. The molecule has 8 heteroatoms. The van der Waals surface area contributed by atoms with Gasteiger partial charge in [0.2, 0.25) is 0 Å². The number of aryl methyl sites for hydroxylation is 2. The molecular formula is C28H25NO6S. The summed E-state index contributed by atoms with van der Waals surface area (Å²) >= 11 is 1.26. The average Bonchev–Trinajstić information content (AvgIpc) is 3.52. The first-order valence-electron chi connectivity index (χ1n) is 11.8. The molecule has 1 amide bonds. The number of ether oxygens (including phenoxy) is 2. The number of anilines is 1. The number of thiophene rings is 1. The Kier molecular flexibility index (Phi) is 6.61. The summed E-state index contributed by atoms with van der Waals surface area (Å²) in [5, 5.41) is 5.92. The maximum absolute atomic E-state index is 12.7. The van der Waals surface area contributed by atoms with Crippen LogP contribution >= 0.6 is 11.3 Å². The summed E-state index contributed by atoms with van der Waals surface area (Å²) in [5.41, 5.74) is 4.93. The average molecular weight is 504 g/mol. The second-order valence-corrected chi connectivity index (χ2v) is 9.51. The van der Waals surface area contributed by atoms with E-state index in [-0.39, 0.29) is 18.8 Å². The van der Waals surface area contributed by atoms with Crippen LogP contribution in [-0.2, 0) is 22.4 Å². The molecule has 0 saturated heterocycles. The molecule has 1 aliphatic rings. The van der Waals surface area contributed by atoms with Crippen molar-refractivity contribution >= 4 is 39.2 Å². The molecule has 0 radical (unpaired) electrons. The van der Waals surface area contributed by atoms with E-state index in [1.807, 2.05) is 42.6 Å². The first kappa shape index (κ1) is 23.8. The fourth-order valence-corrected chi connectivity index (χ4v) is 5.44. The minimum atomic E-state index is -0.498. The third kappa shape index (κ3) is 4.64. The Morgan fingerprint density at radius 2 is 1.86 bits per heavy atom. The number of amides is 1. The van der Waals surface area contributed by atoms with Crippen LogP contribution < -0.4 is 15.7 Å². The lowest BCUT2D eigenvalue weighted by atomic mass is 10.0. The van der Waals surface area contributed by atoms with Gasteiger partial charge in [0.15, 0.2) is 6.61 Å². The molecule has 0 spiro atoms. The standard InChI is InChI=1S/C28H25NO6S/c1-3-33-28(32)25-22(17-9-7-16(2)8-10-17)15-36-26(25)29-24(30)14-34-18-11-12-20-19-5-4-6-21(19)27(31)35-23(20)13-18/h7-13,15H,3-6,14H2,1-2H3,(H,29,30). The third-order valence-electron chi connectivity index (χ3n) is 6.20. The maximum Gasteiger partial charge on any atom is 0.341 e. The Morgan fingerprint density at radius 1 is 1.08 bits per heavy atom. The molecule has 1 N–H and O–H groups in total. The highest BCUT2D eigenvalue weighted by Crippen LogP contribution is 2.36.